The van der Waals surface area contributed by atoms with Crippen LogP contribution in [0.1, 0.15) is 61.0 Å². The van der Waals surface area contributed by atoms with Gasteiger partial charge in [-0.3, -0.25) is 14.4 Å². The number of amides is 3. The van der Waals surface area contributed by atoms with Gasteiger partial charge in [0.2, 0.25) is 11.8 Å². The number of ether oxygens (including phenoxy) is 1. The summed E-state index contributed by atoms with van der Waals surface area (Å²) < 4.78 is 5.01. The number of esters is 1. The summed E-state index contributed by atoms with van der Waals surface area (Å²) in [5, 5.41) is 8.01. The molecular weight excluding hydrogens is 480 g/mol. The first-order chi connectivity index (χ1) is 17.5. The Hall–Kier alpha value is -2.46. The van der Waals surface area contributed by atoms with E-state index in [2.05, 4.69) is 10.6 Å². The van der Waals surface area contributed by atoms with E-state index in [0.29, 0.717) is 23.8 Å². The molecule has 2 N–H and O–H groups in total. The summed E-state index contributed by atoms with van der Waals surface area (Å²) >= 11 is 1.33. The van der Waals surface area contributed by atoms with E-state index >= 15 is 0 Å². The Balaban J connectivity index is 1.50. The molecule has 1 aromatic rings. The lowest BCUT2D eigenvalue weighted by Gasteiger charge is -2.42. The van der Waals surface area contributed by atoms with Gasteiger partial charge in [-0.25, -0.2) is 4.79 Å². The highest BCUT2D eigenvalue weighted by atomic mass is 32.1. The van der Waals surface area contributed by atoms with Gasteiger partial charge in [-0.15, -0.1) is 11.3 Å². The van der Waals surface area contributed by atoms with Crippen molar-refractivity contribution in [1.29, 1.82) is 0 Å². The Morgan fingerprint density at radius 2 is 1.86 bits per heavy atom. The number of nitrogens with zero attached hydrogens (tertiary/aromatic N) is 2. The van der Waals surface area contributed by atoms with Crippen LogP contribution in [0, 0.1) is 11.8 Å². The largest absolute Gasteiger partial charge is 0.467 e. The van der Waals surface area contributed by atoms with Crippen molar-refractivity contribution in [1.82, 2.24) is 20.4 Å². The van der Waals surface area contributed by atoms with Gasteiger partial charge in [0.1, 0.15) is 12.1 Å². The highest BCUT2D eigenvalue weighted by Crippen LogP contribution is 2.28. The molecule has 0 spiro atoms. The number of thiophene rings is 1. The van der Waals surface area contributed by atoms with Gasteiger partial charge in [-0.2, -0.15) is 0 Å². The molecule has 0 bridgehead atoms. The topological polar surface area (TPSA) is 108 Å². The molecule has 4 rings (SSSR count). The standard InChI is InChI=1S/C26H38N4O5S/c1-35-26(34)20(16-18-6-3-2-4-7-18)28-23(31)21-17-29(24(32)19-9-11-27-12-10-19)13-14-30(21)25(33)22-8-5-15-36-22/h5,8,15,18-21,27H,2-4,6-7,9-14,16-17H2,1H3,(H,28,31)/t20-,21+/m0/s1. The second-order valence-electron chi connectivity index (χ2n) is 10.1. The van der Waals surface area contributed by atoms with E-state index in [0.717, 1.165) is 51.6 Å². The monoisotopic (exact) mass is 518 g/mol. The van der Waals surface area contributed by atoms with Crippen molar-refractivity contribution in [3.8, 4) is 0 Å². The number of hydrogen-bond donors (Lipinski definition) is 2. The summed E-state index contributed by atoms with van der Waals surface area (Å²) in [5.41, 5.74) is 0. The van der Waals surface area contributed by atoms with Crippen LogP contribution in [0.3, 0.4) is 0 Å². The molecule has 2 saturated heterocycles. The van der Waals surface area contributed by atoms with Gasteiger partial charge < -0.3 is 25.2 Å². The van der Waals surface area contributed by atoms with Crippen LogP contribution in [0.2, 0.25) is 0 Å². The predicted octanol–water partition coefficient (Wildman–Crippen LogP) is 2.03. The van der Waals surface area contributed by atoms with Gasteiger partial charge in [0.15, 0.2) is 0 Å². The lowest BCUT2D eigenvalue weighted by molar-refractivity contribution is -0.148. The Morgan fingerprint density at radius 3 is 2.53 bits per heavy atom. The molecule has 0 aromatic carbocycles. The number of methoxy groups -OCH3 is 1. The Labute approximate surface area is 216 Å². The van der Waals surface area contributed by atoms with Crippen LogP contribution in [0.5, 0.6) is 0 Å². The summed E-state index contributed by atoms with van der Waals surface area (Å²) in [6.45, 7) is 2.41. The van der Waals surface area contributed by atoms with Gasteiger partial charge >= 0.3 is 5.97 Å². The lowest BCUT2D eigenvalue weighted by atomic mass is 9.84. The van der Waals surface area contributed by atoms with Crippen LogP contribution in [-0.2, 0) is 19.1 Å². The minimum atomic E-state index is -0.863. The molecule has 0 radical (unpaired) electrons. The first kappa shape index (κ1) is 26.6. The van der Waals surface area contributed by atoms with E-state index in [9.17, 15) is 19.2 Å². The molecule has 10 heteroatoms. The number of carbonyl (C=O) groups excluding carboxylic acids is 4. The van der Waals surface area contributed by atoms with Crippen molar-refractivity contribution >= 4 is 35.0 Å². The van der Waals surface area contributed by atoms with E-state index in [1.807, 2.05) is 5.38 Å². The second-order valence-corrected chi connectivity index (χ2v) is 11.1. The van der Waals surface area contributed by atoms with E-state index in [1.54, 1.807) is 21.9 Å². The fourth-order valence-corrected chi connectivity index (χ4v) is 6.38. The SMILES string of the molecule is COC(=O)[C@H](CC1CCCCC1)NC(=O)[C@H]1CN(C(=O)C2CCNCC2)CCN1C(=O)c1cccs1. The van der Waals surface area contributed by atoms with Crippen molar-refractivity contribution in [3.05, 3.63) is 22.4 Å². The highest BCUT2D eigenvalue weighted by Gasteiger charge is 2.40. The zero-order valence-electron chi connectivity index (χ0n) is 21.1. The van der Waals surface area contributed by atoms with Gasteiger partial charge in [-0.1, -0.05) is 38.2 Å². The predicted molar refractivity (Wildman–Crippen MR) is 136 cm³/mol. The number of piperidine rings is 1. The van der Waals surface area contributed by atoms with Gasteiger partial charge in [-0.05, 0) is 49.7 Å². The van der Waals surface area contributed by atoms with E-state index in [1.165, 1.54) is 24.9 Å². The minimum Gasteiger partial charge on any atom is -0.467 e. The van der Waals surface area contributed by atoms with Crippen molar-refractivity contribution in [3.63, 3.8) is 0 Å². The third kappa shape index (κ3) is 6.45. The summed E-state index contributed by atoms with van der Waals surface area (Å²) in [7, 11) is 1.33. The molecule has 1 aliphatic carbocycles. The van der Waals surface area contributed by atoms with Crippen LogP contribution in [-0.4, -0.2) is 85.4 Å². The highest BCUT2D eigenvalue weighted by molar-refractivity contribution is 7.12. The van der Waals surface area contributed by atoms with E-state index in [4.69, 9.17) is 4.74 Å². The van der Waals surface area contributed by atoms with E-state index in [-0.39, 0.29) is 30.8 Å². The molecule has 9 nitrogen and oxygen atoms in total. The molecule has 3 aliphatic rings. The molecular formula is C26H38N4O5S. The normalized spacial score (nSPS) is 22.6. The summed E-state index contributed by atoms with van der Waals surface area (Å²) in [6.07, 6.45) is 7.61. The van der Waals surface area contributed by atoms with E-state index < -0.39 is 24.0 Å². The Morgan fingerprint density at radius 1 is 1.11 bits per heavy atom. The summed E-state index contributed by atoms with van der Waals surface area (Å²) in [6, 6.07) is 1.92. The number of hydrogen-bond acceptors (Lipinski definition) is 7. The average Bonchev–Trinajstić information content (AvgIpc) is 3.47. The second kappa shape index (κ2) is 12.7. The molecule has 3 amide bonds. The van der Waals surface area contributed by atoms with Gasteiger partial charge in [0.05, 0.1) is 18.5 Å². The molecule has 0 unspecified atom stereocenters. The number of nitrogens with one attached hydrogen (secondary N) is 2. The van der Waals surface area contributed by atoms with Crippen LogP contribution in [0.25, 0.3) is 0 Å². The molecule has 2 atom stereocenters. The molecule has 3 heterocycles. The maximum Gasteiger partial charge on any atom is 0.328 e. The third-order valence-corrected chi connectivity index (χ3v) is 8.63. The zero-order chi connectivity index (χ0) is 25.5. The smallest absolute Gasteiger partial charge is 0.328 e. The van der Waals surface area contributed by atoms with Crippen LogP contribution < -0.4 is 10.6 Å². The molecule has 1 saturated carbocycles. The molecule has 3 fully saturated rings. The van der Waals surface area contributed by atoms with Gasteiger partial charge in [0, 0.05) is 19.0 Å². The van der Waals surface area contributed by atoms with Crippen molar-refractivity contribution < 1.29 is 23.9 Å². The third-order valence-electron chi connectivity index (χ3n) is 7.77. The first-order valence-corrected chi connectivity index (χ1v) is 14.1. The quantitative estimate of drug-likeness (QED) is 0.535. The molecule has 198 valence electrons. The first-order valence-electron chi connectivity index (χ1n) is 13.2. The summed E-state index contributed by atoms with van der Waals surface area (Å²) in [4.78, 5) is 56.6. The maximum absolute atomic E-state index is 13.6. The maximum atomic E-state index is 13.6. The number of carbonyl (C=O) groups is 4. The van der Waals surface area contributed by atoms with Crippen LogP contribution in [0.15, 0.2) is 17.5 Å². The number of piperazine rings is 1. The summed E-state index contributed by atoms with van der Waals surface area (Å²) in [5.74, 6) is -0.761. The average molecular weight is 519 g/mol. The molecule has 36 heavy (non-hydrogen) atoms. The van der Waals surface area contributed by atoms with Crippen molar-refractivity contribution in [2.45, 2.75) is 63.5 Å². The van der Waals surface area contributed by atoms with Gasteiger partial charge in [0.25, 0.3) is 5.91 Å². The van der Waals surface area contributed by atoms with Crippen LogP contribution in [0.4, 0.5) is 0 Å². The molecule has 1 aromatic heterocycles. The lowest BCUT2D eigenvalue weighted by Crippen LogP contribution is -2.63. The number of rotatable bonds is 7. The zero-order valence-corrected chi connectivity index (χ0v) is 21.9. The fraction of sp³-hybridized carbons (Fsp3) is 0.692. The van der Waals surface area contributed by atoms with Crippen LogP contribution >= 0.6 is 11.3 Å². The Kier molecular flexibility index (Phi) is 9.36. The fourth-order valence-electron chi connectivity index (χ4n) is 5.70. The Bertz CT molecular complexity index is 911. The van der Waals surface area contributed by atoms with Crippen molar-refractivity contribution in [2.24, 2.45) is 11.8 Å². The van der Waals surface area contributed by atoms with Crippen molar-refractivity contribution in [2.75, 3.05) is 39.8 Å². The molecule has 2 aliphatic heterocycles. The minimum absolute atomic E-state index is 0.0456.